The molecule has 0 atom stereocenters. The number of hydrogen-bond donors (Lipinski definition) is 0. The first kappa shape index (κ1) is 31.8. The molecule has 8 heteroatoms. The average molecular weight is 628 g/mol. The van der Waals surface area contributed by atoms with Crippen molar-refractivity contribution in [3.05, 3.63) is 109 Å². The first-order valence-corrected chi connectivity index (χ1v) is 16.4. The van der Waals surface area contributed by atoms with Gasteiger partial charge in [0, 0.05) is 5.56 Å². The van der Waals surface area contributed by atoms with Crippen molar-refractivity contribution in [2.45, 2.75) is 84.1 Å². The maximum atomic E-state index is 6.60. The van der Waals surface area contributed by atoms with E-state index in [0.29, 0.717) is 11.5 Å². The van der Waals surface area contributed by atoms with E-state index in [1.165, 1.54) is 10.8 Å². The highest BCUT2D eigenvalue weighted by Gasteiger charge is 2.52. The smallest absolute Gasteiger partial charge is 0.451 e. The molecule has 2 saturated heterocycles. The molecule has 6 nitrogen and oxygen atoms in total. The molecule has 0 aromatic heterocycles. The van der Waals surface area contributed by atoms with Gasteiger partial charge in [-0.05, 0) is 118 Å². The molecule has 0 N–H and O–H groups in total. The maximum Gasteiger partial charge on any atom is 0.494 e. The molecular weight excluding hydrogens is 586 g/mol. The van der Waals surface area contributed by atoms with Crippen molar-refractivity contribution in [1.82, 2.24) is 0 Å². The van der Waals surface area contributed by atoms with Crippen LogP contribution in [-0.2, 0) is 18.6 Å². The molecule has 2 heterocycles. The van der Waals surface area contributed by atoms with E-state index in [4.69, 9.17) is 28.1 Å². The van der Waals surface area contributed by atoms with E-state index in [2.05, 4.69) is 110 Å². The second kappa shape index (κ2) is 11.4. The van der Waals surface area contributed by atoms with Gasteiger partial charge in [0.1, 0.15) is 11.5 Å². The first-order chi connectivity index (χ1) is 22.2. The molecule has 2 aliphatic heterocycles. The molecule has 0 saturated carbocycles. The van der Waals surface area contributed by atoms with Gasteiger partial charge in [0.05, 0.1) is 22.4 Å². The van der Waals surface area contributed by atoms with Crippen LogP contribution < -0.4 is 20.4 Å². The van der Waals surface area contributed by atoms with E-state index >= 15 is 0 Å². The molecule has 0 spiro atoms. The highest BCUT2D eigenvalue weighted by Crippen LogP contribution is 2.38. The Morgan fingerprint density at radius 3 is 1.34 bits per heavy atom. The fourth-order valence-electron chi connectivity index (χ4n) is 5.94. The van der Waals surface area contributed by atoms with Crippen LogP contribution in [0.15, 0.2) is 103 Å². The van der Waals surface area contributed by atoms with Crippen LogP contribution in [0.5, 0.6) is 11.5 Å². The highest BCUT2D eigenvalue weighted by molar-refractivity contribution is 6.62. The van der Waals surface area contributed by atoms with Gasteiger partial charge in [-0.1, -0.05) is 72.8 Å². The zero-order chi connectivity index (χ0) is 33.2. The van der Waals surface area contributed by atoms with Gasteiger partial charge < -0.3 is 28.1 Å². The van der Waals surface area contributed by atoms with Gasteiger partial charge >= 0.3 is 14.2 Å². The standard InChI is InChI=1S/C39H42B2O6/c1-36(2)37(3,4)45-40(44-36)29-17-21-31(22-18-29)42-35(28-16-15-27-14-13-26-11-9-10-12-33(26)34(27)25-28)43-32-23-19-30(20-24-32)41-46-38(5,6)39(7,8)47-41/h9-25,35H,1-8H3. The van der Waals surface area contributed by atoms with Crippen LogP contribution in [0.3, 0.4) is 0 Å². The van der Waals surface area contributed by atoms with Crippen molar-refractivity contribution in [3.63, 3.8) is 0 Å². The molecule has 0 aliphatic carbocycles. The Kier molecular flexibility index (Phi) is 7.72. The zero-order valence-electron chi connectivity index (χ0n) is 28.5. The van der Waals surface area contributed by atoms with Gasteiger partial charge in [-0.2, -0.15) is 0 Å². The third-order valence-electron chi connectivity index (χ3n) is 10.3. The molecule has 0 unspecified atom stereocenters. The van der Waals surface area contributed by atoms with Crippen LogP contribution in [-0.4, -0.2) is 36.6 Å². The van der Waals surface area contributed by atoms with Crippen LogP contribution >= 0.6 is 0 Å². The molecule has 5 aromatic carbocycles. The van der Waals surface area contributed by atoms with Gasteiger partial charge in [0.25, 0.3) is 6.29 Å². The Labute approximate surface area is 278 Å². The SMILES string of the molecule is CC1(C)OB(c2ccc(OC(Oc3ccc(B4OC(C)(C)C(C)(C)O4)cc3)c3ccc4ccc5ccccc5c4c3)cc2)OC1(C)C. The fraction of sp³-hybridized carbons (Fsp3) is 0.333. The second-order valence-corrected chi connectivity index (χ2v) is 14.6. The normalized spacial score (nSPS) is 19.5. The summed E-state index contributed by atoms with van der Waals surface area (Å²) in [6, 6.07) is 34.8. The third-order valence-corrected chi connectivity index (χ3v) is 10.3. The summed E-state index contributed by atoms with van der Waals surface area (Å²) < 4.78 is 38.2. The average Bonchev–Trinajstić information content (AvgIpc) is 3.40. The maximum absolute atomic E-state index is 6.60. The molecular formula is C39H42B2O6. The molecule has 0 bridgehead atoms. The number of benzene rings is 5. The van der Waals surface area contributed by atoms with Crippen molar-refractivity contribution >= 4 is 46.7 Å². The van der Waals surface area contributed by atoms with Gasteiger partial charge in [-0.3, -0.25) is 0 Å². The number of rotatable bonds is 7. The Morgan fingerprint density at radius 1 is 0.468 bits per heavy atom. The Balaban J connectivity index is 1.18. The van der Waals surface area contributed by atoms with Crippen molar-refractivity contribution in [1.29, 1.82) is 0 Å². The molecule has 2 fully saturated rings. The third kappa shape index (κ3) is 5.93. The molecule has 7 rings (SSSR count). The fourth-order valence-corrected chi connectivity index (χ4v) is 5.94. The number of ether oxygens (including phenoxy) is 2. The van der Waals surface area contributed by atoms with Gasteiger partial charge in [0.15, 0.2) is 0 Å². The first-order valence-electron chi connectivity index (χ1n) is 16.4. The second-order valence-electron chi connectivity index (χ2n) is 14.6. The van der Waals surface area contributed by atoms with Crippen molar-refractivity contribution in [3.8, 4) is 11.5 Å². The Bertz CT molecular complexity index is 1800. The summed E-state index contributed by atoms with van der Waals surface area (Å²) in [4.78, 5) is 0. The lowest BCUT2D eigenvalue weighted by atomic mass is 9.79. The van der Waals surface area contributed by atoms with Crippen LogP contribution in [0.2, 0.25) is 0 Å². The lowest BCUT2D eigenvalue weighted by Gasteiger charge is -2.32. The van der Waals surface area contributed by atoms with Gasteiger partial charge in [0.2, 0.25) is 0 Å². The molecule has 240 valence electrons. The van der Waals surface area contributed by atoms with Crippen LogP contribution in [0.25, 0.3) is 21.5 Å². The summed E-state index contributed by atoms with van der Waals surface area (Å²) in [5.41, 5.74) is 1.12. The summed E-state index contributed by atoms with van der Waals surface area (Å²) in [6.45, 7) is 16.5. The van der Waals surface area contributed by atoms with Crippen molar-refractivity contribution in [2.75, 3.05) is 0 Å². The minimum atomic E-state index is -0.719. The van der Waals surface area contributed by atoms with Crippen LogP contribution in [0.4, 0.5) is 0 Å². The quantitative estimate of drug-likeness (QED) is 0.104. The minimum Gasteiger partial charge on any atom is -0.451 e. The summed E-state index contributed by atoms with van der Waals surface area (Å²) >= 11 is 0. The predicted octanol–water partition coefficient (Wildman–Crippen LogP) is 7.75. The van der Waals surface area contributed by atoms with Gasteiger partial charge in [-0.15, -0.1) is 0 Å². The molecule has 2 aliphatic rings. The molecule has 0 radical (unpaired) electrons. The largest absolute Gasteiger partial charge is 0.494 e. The minimum absolute atomic E-state index is 0.413. The lowest BCUT2D eigenvalue weighted by Crippen LogP contribution is -2.41. The monoisotopic (exact) mass is 628 g/mol. The molecule has 47 heavy (non-hydrogen) atoms. The van der Waals surface area contributed by atoms with E-state index in [-0.39, 0.29) is 0 Å². The van der Waals surface area contributed by atoms with E-state index < -0.39 is 42.9 Å². The highest BCUT2D eigenvalue weighted by atomic mass is 16.7. The lowest BCUT2D eigenvalue weighted by molar-refractivity contribution is 0.00395. The summed E-state index contributed by atoms with van der Waals surface area (Å²) in [5, 5.41) is 4.67. The number of hydrogen-bond acceptors (Lipinski definition) is 6. The van der Waals surface area contributed by atoms with E-state index in [1.807, 2.05) is 48.5 Å². The topological polar surface area (TPSA) is 55.4 Å². The van der Waals surface area contributed by atoms with Crippen LogP contribution in [0, 0.1) is 0 Å². The number of fused-ring (bicyclic) bond motifs is 3. The zero-order valence-corrected chi connectivity index (χ0v) is 28.5. The Hall–Kier alpha value is -3.81. The van der Waals surface area contributed by atoms with E-state index in [0.717, 1.165) is 27.3 Å². The van der Waals surface area contributed by atoms with Gasteiger partial charge in [-0.25, -0.2) is 0 Å². The van der Waals surface area contributed by atoms with E-state index in [1.54, 1.807) is 0 Å². The summed E-state index contributed by atoms with van der Waals surface area (Å²) in [6.07, 6.45) is -0.719. The summed E-state index contributed by atoms with van der Waals surface area (Å²) in [7, 11) is -0.894. The summed E-state index contributed by atoms with van der Waals surface area (Å²) in [5.74, 6) is 1.34. The molecule has 5 aromatic rings. The van der Waals surface area contributed by atoms with Crippen molar-refractivity contribution in [2.24, 2.45) is 0 Å². The Morgan fingerprint density at radius 2 is 0.872 bits per heavy atom. The molecule has 0 amide bonds. The van der Waals surface area contributed by atoms with Crippen molar-refractivity contribution < 1.29 is 28.1 Å². The predicted molar refractivity (Wildman–Crippen MR) is 190 cm³/mol. The van der Waals surface area contributed by atoms with E-state index in [9.17, 15) is 0 Å². The van der Waals surface area contributed by atoms with Crippen LogP contribution in [0.1, 0.15) is 67.2 Å².